The van der Waals surface area contributed by atoms with Gasteiger partial charge in [0.05, 0.1) is 21.5 Å². The molecule has 0 heterocycles. The van der Waals surface area contributed by atoms with Crippen LogP contribution >= 0.6 is 39.1 Å². The first-order chi connectivity index (χ1) is 15.5. The molecule has 10 nitrogen and oxygen atoms in total. The molecular weight excluding hydrogens is 674 g/mol. The Morgan fingerprint density at radius 3 is 2.03 bits per heavy atom. The van der Waals surface area contributed by atoms with Crippen LogP contribution in [0.15, 0.2) is 34.8 Å². The van der Waals surface area contributed by atoms with Gasteiger partial charge >= 0.3 is 59.1 Å². The van der Waals surface area contributed by atoms with E-state index < -0.39 is 48.9 Å². The van der Waals surface area contributed by atoms with Gasteiger partial charge in [0.15, 0.2) is 15.6 Å². The molecule has 0 aromatic heterocycles. The van der Waals surface area contributed by atoms with Crippen LogP contribution in [0.2, 0.25) is 10.0 Å². The Kier molecular flexibility index (Phi) is 18.2. The van der Waals surface area contributed by atoms with E-state index in [4.69, 9.17) is 40.7 Å². The van der Waals surface area contributed by atoms with Gasteiger partial charge in [-0.1, -0.05) is 30.1 Å². The molecule has 2 aromatic rings. The number of anilines is 1. The third-order valence-corrected chi connectivity index (χ3v) is 7.65. The molecular formula is C17H14BrCl2FNNa2O9S3-. The van der Waals surface area contributed by atoms with E-state index in [-0.39, 0.29) is 103 Å². The van der Waals surface area contributed by atoms with Gasteiger partial charge in [0, 0.05) is 49.6 Å². The third kappa shape index (κ3) is 13.3. The largest absolute Gasteiger partial charge is 1.00 e. The van der Waals surface area contributed by atoms with E-state index in [1.54, 1.807) is 0 Å². The summed E-state index contributed by atoms with van der Waals surface area (Å²) in [6.07, 6.45) is 0. The van der Waals surface area contributed by atoms with Crippen molar-refractivity contribution in [2.75, 3.05) is 22.4 Å². The Morgan fingerprint density at radius 1 is 1.06 bits per heavy atom. The average molecular weight is 688 g/mol. The molecule has 2 aromatic carbocycles. The van der Waals surface area contributed by atoms with Crippen LogP contribution in [0, 0.1) is 5.82 Å². The molecule has 1 atom stereocenters. The summed E-state index contributed by atoms with van der Waals surface area (Å²) >= 11 is 12.5. The van der Waals surface area contributed by atoms with Crippen molar-refractivity contribution >= 4 is 82.1 Å². The van der Waals surface area contributed by atoms with Crippen LogP contribution in [0.1, 0.15) is 22.8 Å². The van der Waals surface area contributed by atoms with E-state index in [9.17, 15) is 26.4 Å². The molecule has 0 fully saturated rings. The molecule has 36 heavy (non-hydrogen) atoms. The van der Waals surface area contributed by atoms with Gasteiger partial charge in [-0.05, 0) is 46.3 Å². The molecule has 19 heteroatoms. The minimum absolute atomic E-state index is 0. The predicted octanol–water partition coefficient (Wildman–Crippen LogP) is -3.17. The zero-order chi connectivity index (χ0) is 26.4. The number of benzene rings is 2. The van der Waals surface area contributed by atoms with Crippen molar-refractivity contribution in [3.05, 3.63) is 61.8 Å². The summed E-state index contributed by atoms with van der Waals surface area (Å²) in [5.41, 5.74) is 0.112. The maximum atomic E-state index is 13.2. The van der Waals surface area contributed by atoms with Crippen molar-refractivity contribution in [1.29, 1.82) is 0 Å². The van der Waals surface area contributed by atoms with Crippen LogP contribution in [-0.4, -0.2) is 58.5 Å². The maximum Gasteiger partial charge on any atom is 1.00 e. The van der Waals surface area contributed by atoms with Gasteiger partial charge in [-0.25, -0.2) is 12.8 Å². The minimum atomic E-state index is -5.17. The summed E-state index contributed by atoms with van der Waals surface area (Å²) < 4.78 is 95.0. The maximum absolute atomic E-state index is 13.2. The fraction of sp³-hybridized carbons (Fsp3) is 0.235. The first-order valence-corrected chi connectivity index (χ1v) is 14.4. The Bertz CT molecular complexity index is 1310. The van der Waals surface area contributed by atoms with E-state index in [1.165, 1.54) is 25.1 Å². The number of halogens is 4. The quantitative estimate of drug-likeness (QED) is 0.0912. The smallest absolute Gasteiger partial charge is 0.759 e. The van der Waals surface area contributed by atoms with Crippen molar-refractivity contribution < 1.29 is 103 Å². The molecule has 0 amide bonds. The summed E-state index contributed by atoms with van der Waals surface area (Å²) in [5.74, 6) is -1.68. The number of hydrogen-bond donors (Lipinski definition) is 0. The SMILES string of the molecule is CCS(=O)(=O)CCN(c1cc(Br)c(C(=O)c2ccc(F)cc2Cl)cc1Cl)S(=O)[O-].O=S(=O)([O-])[O-].[Na+].[Na+]. The van der Waals surface area contributed by atoms with Crippen LogP contribution < -0.4 is 63.4 Å². The summed E-state index contributed by atoms with van der Waals surface area (Å²) in [6.45, 7) is 1.12. The second kappa shape index (κ2) is 16.8. The van der Waals surface area contributed by atoms with E-state index in [1.807, 2.05) is 0 Å². The Hall–Kier alpha value is 0.830. The number of carbonyl (C=O) groups is 1. The van der Waals surface area contributed by atoms with E-state index in [0.717, 1.165) is 16.4 Å². The van der Waals surface area contributed by atoms with Crippen molar-refractivity contribution in [2.45, 2.75) is 6.92 Å². The Morgan fingerprint density at radius 2 is 1.58 bits per heavy atom. The van der Waals surface area contributed by atoms with E-state index in [2.05, 4.69) is 15.9 Å². The minimum Gasteiger partial charge on any atom is -0.759 e. The number of ketones is 1. The third-order valence-electron chi connectivity index (χ3n) is 3.95. The molecule has 0 spiro atoms. The zero-order valence-corrected chi connectivity index (χ0v) is 28.4. The molecule has 0 aliphatic rings. The average Bonchev–Trinajstić information content (AvgIpc) is 2.68. The number of sulfone groups is 1. The summed E-state index contributed by atoms with van der Waals surface area (Å²) in [6, 6.07) is 5.83. The van der Waals surface area contributed by atoms with Crippen LogP contribution in [-0.2, 0) is 31.5 Å². The molecule has 0 radical (unpaired) electrons. The first kappa shape index (κ1) is 39.0. The number of nitrogens with zero attached hydrogens (tertiary/aromatic N) is 1. The Labute approximate surface area is 272 Å². The van der Waals surface area contributed by atoms with Gasteiger partial charge in [-0.2, -0.15) is 0 Å². The van der Waals surface area contributed by atoms with Crippen LogP contribution in [0.3, 0.4) is 0 Å². The van der Waals surface area contributed by atoms with Crippen molar-refractivity contribution in [3.63, 3.8) is 0 Å². The van der Waals surface area contributed by atoms with Gasteiger partial charge in [0.2, 0.25) is 0 Å². The summed E-state index contributed by atoms with van der Waals surface area (Å²) in [5, 5.41) is -0.179. The van der Waals surface area contributed by atoms with E-state index in [0.29, 0.717) is 0 Å². The normalized spacial score (nSPS) is 11.8. The van der Waals surface area contributed by atoms with Crippen molar-refractivity contribution in [1.82, 2.24) is 0 Å². The van der Waals surface area contributed by atoms with Crippen LogP contribution in [0.25, 0.3) is 0 Å². The molecule has 0 N–H and O–H groups in total. The van der Waals surface area contributed by atoms with E-state index >= 15 is 0 Å². The van der Waals surface area contributed by atoms with Crippen molar-refractivity contribution in [2.24, 2.45) is 0 Å². The number of hydrogen-bond acceptors (Lipinski definition) is 9. The zero-order valence-electron chi connectivity index (χ0n) is 18.9. The van der Waals surface area contributed by atoms with Crippen LogP contribution in [0.5, 0.6) is 0 Å². The fourth-order valence-electron chi connectivity index (χ4n) is 2.36. The predicted molar refractivity (Wildman–Crippen MR) is 125 cm³/mol. The molecule has 0 saturated carbocycles. The van der Waals surface area contributed by atoms with Gasteiger partial charge in [0.1, 0.15) is 5.82 Å². The number of carbonyl (C=O) groups excluding carboxylic acids is 1. The molecule has 0 aliphatic carbocycles. The standard InChI is InChI=1S/C17H15BrCl2FNO5S2.2Na.H2O4S/c1-2-29(26,27)6-5-22(28(24)25)16-9-13(18)12(8-15(16)20)17(23)11-4-3-10(21)7-14(11)19;;;1-5(2,3)4/h3-4,7-9H,2,5-6H2,1H3,(H,24,25);;;(H2,1,2,3,4)/q;2*+1;/p-3. The molecule has 2 rings (SSSR count). The monoisotopic (exact) mass is 686 g/mol. The second-order valence-electron chi connectivity index (χ2n) is 6.20. The molecule has 1 unspecified atom stereocenters. The number of rotatable bonds is 8. The second-order valence-corrected chi connectivity index (χ2v) is 12.0. The van der Waals surface area contributed by atoms with Gasteiger partial charge in [-0.3, -0.25) is 17.4 Å². The first-order valence-electron chi connectivity index (χ1n) is 8.69. The van der Waals surface area contributed by atoms with Gasteiger partial charge in [-0.15, -0.1) is 0 Å². The Balaban J connectivity index is 0. The molecule has 0 bridgehead atoms. The molecule has 190 valence electrons. The van der Waals surface area contributed by atoms with Gasteiger partial charge < -0.3 is 18.0 Å². The fourth-order valence-corrected chi connectivity index (χ4v) is 4.86. The van der Waals surface area contributed by atoms with Gasteiger partial charge in [0.25, 0.3) is 0 Å². The topological polar surface area (TPSA) is 175 Å². The summed E-state index contributed by atoms with van der Waals surface area (Å²) in [4.78, 5) is 12.8. The van der Waals surface area contributed by atoms with Crippen molar-refractivity contribution in [3.8, 4) is 0 Å². The molecule has 0 saturated heterocycles. The summed E-state index contributed by atoms with van der Waals surface area (Å²) in [7, 11) is -8.58. The molecule has 0 aliphatic heterocycles. The van der Waals surface area contributed by atoms with Crippen LogP contribution in [0.4, 0.5) is 10.1 Å².